The highest BCUT2D eigenvalue weighted by molar-refractivity contribution is 7.99. The second kappa shape index (κ2) is 10.2. The lowest BCUT2D eigenvalue weighted by atomic mass is 10.1. The van der Waals surface area contributed by atoms with Gasteiger partial charge in [-0.05, 0) is 50.5 Å². The molecule has 0 bridgehead atoms. The monoisotopic (exact) mass is 480 g/mol. The summed E-state index contributed by atoms with van der Waals surface area (Å²) in [6.45, 7) is 8.72. The van der Waals surface area contributed by atoms with Gasteiger partial charge in [0.25, 0.3) is 0 Å². The van der Waals surface area contributed by atoms with E-state index < -0.39 is 9.84 Å². The number of carbonyl (C=O) groups is 1. The zero-order chi connectivity index (χ0) is 23.5. The first-order valence-corrected chi connectivity index (χ1v) is 13.6. The first-order chi connectivity index (χ1) is 15.1. The van der Waals surface area contributed by atoms with E-state index in [1.54, 1.807) is 12.0 Å². The fourth-order valence-corrected chi connectivity index (χ4v) is 6.54. The van der Waals surface area contributed by atoms with Crippen molar-refractivity contribution >= 4 is 27.5 Å². The summed E-state index contributed by atoms with van der Waals surface area (Å²) in [5.74, 6) is 2.10. The van der Waals surface area contributed by atoms with Crippen LogP contribution >= 0.6 is 11.8 Å². The van der Waals surface area contributed by atoms with Gasteiger partial charge < -0.3 is 9.64 Å². The Morgan fingerprint density at radius 3 is 2.44 bits per heavy atom. The molecule has 0 aliphatic carbocycles. The first-order valence-electron chi connectivity index (χ1n) is 10.8. The van der Waals surface area contributed by atoms with Crippen LogP contribution in [0.2, 0.25) is 0 Å². The molecular weight excluding hydrogens is 448 g/mol. The average Bonchev–Trinajstić information content (AvgIpc) is 3.33. The second-order valence-electron chi connectivity index (χ2n) is 8.78. The summed E-state index contributed by atoms with van der Waals surface area (Å²) in [5.41, 5.74) is 0.919. The van der Waals surface area contributed by atoms with Crippen LogP contribution in [0.3, 0.4) is 0 Å². The third-order valence-electron chi connectivity index (χ3n) is 5.39. The summed E-state index contributed by atoms with van der Waals surface area (Å²) < 4.78 is 31.2. The lowest BCUT2D eigenvalue weighted by Gasteiger charge is -2.30. The number of rotatable bonds is 9. The van der Waals surface area contributed by atoms with Crippen LogP contribution in [-0.2, 0) is 14.6 Å². The van der Waals surface area contributed by atoms with Crippen LogP contribution in [-0.4, -0.2) is 70.9 Å². The van der Waals surface area contributed by atoms with Crippen molar-refractivity contribution in [3.63, 3.8) is 0 Å². The Morgan fingerprint density at radius 1 is 1.22 bits per heavy atom. The number of nitrogens with zero attached hydrogens (tertiary/aromatic N) is 4. The predicted octanol–water partition coefficient (Wildman–Crippen LogP) is 3.30. The third kappa shape index (κ3) is 5.83. The van der Waals surface area contributed by atoms with Crippen LogP contribution in [0, 0.1) is 5.92 Å². The highest BCUT2D eigenvalue weighted by atomic mass is 32.2. The van der Waals surface area contributed by atoms with Gasteiger partial charge in [0.2, 0.25) is 5.91 Å². The summed E-state index contributed by atoms with van der Waals surface area (Å²) in [7, 11) is -1.44. The lowest BCUT2D eigenvalue weighted by Crippen LogP contribution is -2.44. The Kier molecular flexibility index (Phi) is 7.87. The van der Waals surface area contributed by atoms with Gasteiger partial charge >= 0.3 is 0 Å². The minimum atomic E-state index is -3.06. The zero-order valence-electron chi connectivity index (χ0n) is 19.3. The predicted molar refractivity (Wildman–Crippen MR) is 127 cm³/mol. The third-order valence-corrected chi connectivity index (χ3v) is 8.06. The number of aromatic nitrogens is 3. The Morgan fingerprint density at radius 2 is 1.91 bits per heavy atom. The fourth-order valence-electron chi connectivity index (χ4n) is 3.86. The highest BCUT2D eigenvalue weighted by Crippen LogP contribution is 2.29. The Labute approximate surface area is 194 Å². The van der Waals surface area contributed by atoms with Crippen molar-refractivity contribution in [2.24, 2.45) is 5.92 Å². The minimum absolute atomic E-state index is 0.0555. The Bertz CT molecular complexity index is 1030. The van der Waals surface area contributed by atoms with E-state index in [0.717, 1.165) is 17.1 Å². The normalized spacial score (nSPS) is 17.8. The van der Waals surface area contributed by atoms with E-state index in [0.29, 0.717) is 18.1 Å². The van der Waals surface area contributed by atoms with E-state index in [9.17, 15) is 13.2 Å². The molecule has 0 radical (unpaired) electrons. The molecule has 1 aliphatic rings. The van der Waals surface area contributed by atoms with Crippen molar-refractivity contribution in [1.82, 2.24) is 19.7 Å². The molecule has 0 spiro atoms. The van der Waals surface area contributed by atoms with Crippen molar-refractivity contribution in [3.8, 4) is 17.1 Å². The molecule has 1 atom stereocenters. The Balaban J connectivity index is 1.77. The van der Waals surface area contributed by atoms with E-state index in [-0.39, 0.29) is 41.2 Å². The summed E-state index contributed by atoms with van der Waals surface area (Å²) in [5, 5.41) is 9.39. The van der Waals surface area contributed by atoms with Crippen LogP contribution in [0.4, 0.5) is 0 Å². The molecule has 1 aromatic heterocycles. The van der Waals surface area contributed by atoms with Gasteiger partial charge in [-0.2, -0.15) is 0 Å². The van der Waals surface area contributed by atoms with E-state index in [4.69, 9.17) is 4.74 Å². The van der Waals surface area contributed by atoms with Crippen LogP contribution in [0.15, 0.2) is 29.4 Å². The summed E-state index contributed by atoms with van der Waals surface area (Å²) in [6, 6.07) is 7.49. The van der Waals surface area contributed by atoms with Gasteiger partial charge in [0.15, 0.2) is 20.8 Å². The van der Waals surface area contributed by atoms with Gasteiger partial charge in [0.1, 0.15) is 5.75 Å². The standard InChI is InChI=1S/C22H32N4O4S2/c1-15(2)12-25(18-10-11-32(28,29)14-18)20(27)13-31-22-24-23-21(26(22)16(3)4)17-6-8-19(30-5)9-7-17/h6-9,15-16,18H,10-14H2,1-5H3. The van der Waals surface area contributed by atoms with Gasteiger partial charge in [-0.1, -0.05) is 25.6 Å². The van der Waals surface area contributed by atoms with Crippen LogP contribution in [0.25, 0.3) is 11.4 Å². The van der Waals surface area contributed by atoms with Crippen LogP contribution in [0.5, 0.6) is 5.75 Å². The molecule has 176 valence electrons. The number of methoxy groups -OCH3 is 1. The van der Waals surface area contributed by atoms with Gasteiger partial charge in [0, 0.05) is 24.2 Å². The van der Waals surface area contributed by atoms with Crippen LogP contribution in [0.1, 0.15) is 40.2 Å². The van der Waals surface area contributed by atoms with Crippen LogP contribution < -0.4 is 4.74 Å². The number of benzene rings is 1. The maximum atomic E-state index is 13.1. The second-order valence-corrected chi connectivity index (χ2v) is 12.0. The van der Waals surface area contributed by atoms with Crippen molar-refractivity contribution in [2.45, 2.75) is 51.4 Å². The number of hydrogen-bond acceptors (Lipinski definition) is 7. The van der Waals surface area contributed by atoms with Crippen molar-refractivity contribution in [1.29, 1.82) is 0 Å². The lowest BCUT2D eigenvalue weighted by molar-refractivity contribution is -0.130. The zero-order valence-corrected chi connectivity index (χ0v) is 20.9. The molecule has 1 aliphatic heterocycles. The molecule has 1 aromatic carbocycles. The van der Waals surface area contributed by atoms with Gasteiger partial charge in [-0.3, -0.25) is 9.36 Å². The van der Waals surface area contributed by atoms with Crippen molar-refractivity contribution in [3.05, 3.63) is 24.3 Å². The fraction of sp³-hybridized carbons (Fsp3) is 0.591. The average molecular weight is 481 g/mol. The molecule has 1 amide bonds. The highest BCUT2D eigenvalue weighted by Gasteiger charge is 2.35. The molecular formula is C22H32N4O4S2. The maximum Gasteiger partial charge on any atom is 0.233 e. The minimum Gasteiger partial charge on any atom is -0.497 e. The molecule has 0 N–H and O–H groups in total. The maximum absolute atomic E-state index is 13.1. The molecule has 32 heavy (non-hydrogen) atoms. The molecule has 3 rings (SSSR count). The number of carbonyl (C=O) groups excluding carboxylic acids is 1. The van der Waals surface area contributed by atoms with Gasteiger partial charge in [-0.25, -0.2) is 8.42 Å². The molecule has 2 aromatic rings. The molecule has 0 saturated carbocycles. The molecule has 8 nitrogen and oxygen atoms in total. The summed E-state index contributed by atoms with van der Waals surface area (Å²) in [6.07, 6.45) is 0.509. The largest absolute Gasteiger partial charge is 0.497 e. The molecule has 1 fully saturated rings. The topological polar surface area (TPSA) is 94.4 Å². The molecule has 10 heteroatoms. The van der Waals surface area contributed by atoms with Gasteiger partial charge in [0.05, 0.1) is 24.4 Å². The van der Waals surface area contributed by atoms with E-state index in [1.807, 2.05) is 42.7 Å². The molecule has 1 unspecified atom stereocenters. The van der Waals surface area contributed by atoms with Crippen molar-refractivity contribution < 1.29 is 17.9 Å². The van der Waals surface area contributed by atoms with Crippen molar-refractivity contribution in [2.75, 3.05) is 30.9 Å². The Hall–Kier alpha value is -2.07. The summed E-state index contributed by atoms with van der Waals surface area (Å²) in [4.78, 5) is 14.9. The van der Waals surface area contributed by atoms with Gasteiger partial charge in [-0.15, -0.1) is 10.2 Å². The number of hydrogen-bond donors (Lipinski definition) is 0. The molecule has 2 heterocycles. The van der Waals surface area contributed by atoms with E-state index in [1.165, 1.54) is 11.8 Å². The number of sulfone groups is 1. The number of thioether (sulfide) groups is 1. The number of amides is 1. The summed E-state index contributed by atoms with van der Waals surface area (Å²) >= 11 is 1.34. The number of ether oxygens (including phenoxy) is 1. The SMILES string of the molecule is COc1ccc(-c2nnc(SCC(=O)N(CC(C)C)C3CCS(=O)(=O)C3)n2C(C)C)cc1. The first kappa shape index (κ1) is 24.6. The molecule has 1 saturated heterocycles. The quantitative estimate of drug-likeness (QED) is 0.508. The van der Waals surface area contributed by atoms with E-state index in [2.05, 4.69) is 24.0 Å². The smallest absolute Gasteiger partial charge is 0.233 e. The van der Waals surface area contributed by atoms with E-state index >= 15 is 0 Å².